The van der Waals surface area contributed by atoms with Crippen LogP contribution in [0.4, 0.5) is 10.1 Å². The van der Waals surface area contributed by atoms with Gasteiger partial charge in [-0.05, 0) is 18.2 Å². The number of halogens is 2. The number of para-hydroxylation sites is 1. The molecule has 1 N–H and O–H groups in total. The molecule has 7 heteroatoms. The predicted molar refractivity (Wildman–Crippen MR) is 91.2 cm³/mol. The number of hydrogen-bond donors (Lipinski definition) is 1. The van der Waals surface area contributed by atoms with Crippen LogP contribution in [0.25, 0.3) is 0 Å². The summed E-state index contributed by atoms with van der Waals surface area (Å²) in [5.74, 6) is -2.05. The minimum absolute atomic E-state index is 0.0157. The van der Waals surface area contributed by atoms with Crippen molar-refractivity contribution in [2.45, 2.75) is 18.4 Å². The molecule has 4 rings (SSSR count). The maximum atomic E-state index is 14.2. The molecule has 1 spiro atoms. The average molecular weight is 403 g/mol. The van der Waals surface area contributed by atoms with Crippen molar-refractivity contribution >= 4 is 39.3 Å². The SMILES string of the molecule is O=C1CC2(C(=O)N1)C(=O)N(Cc1ccc(Br)cc1F)c1ccccc12. The van der Waals surface area contributed by atoms with E-state index >= 15 is 0 Å². The van der Waals surface area contributed by atoms with Crippen LogP contribution in [0.15, 0.2) is 46.9 Å². The van der Waals surface area contributed by atoms with Crippen LogP contribution in [-0.4, -0.2) is 17.7 Å². The fraction of sp³-hybridized carbons (Fsp3) is 0.167. The van der Waals surface area contributed by atoms with Crippen LogP contribution in [0.5, 0.6) is 0 Å². The smallest absolute Gasteiger partial charge is 0.248 e. The van der Waals surface area contributed by atoms with E-state index < -0.39 is 29.0 Å². The van der Waals surface area contributed by atoms with Gasteiger partial charge in [-0.25, -0.2) is 4.39 Å². The van der Waals surface area contributed by atoms with Crippen LogP contribution in [-0.2, 0) is 26.3 Å². The summed E-state index contributed by atoms with van der Waals surface area (Å²) in [5.41, 5.74) is -0.201. The molecule has 0 saturated carbocycles. The number of imide groups is 1. The van der Waals surface area contributed by atoms with Crippen molar-refractivity contribution in [1.82, 2.24) is 5.32 Å². The standard InChI is InChI=1S/C18H12BrFN2O3/c19-11-6-5-10(13(20)7-11)9-22-14-4-2-1-3-12(14)18(17(22)25)8-15(23)21-16(18)24/h1-7H,8-9H2,(H,21,23,24). The molecule has 1 fully saturated rings. The highest BCUT2D eigenvalue weighted by molar-refractivity contribution is 9.10. The number of anilines is 1. The van der Waals surface area contributed by atoms with Gasteiger partial charge >= 0.3 is 0 Å². The molecular formula is C18H12BrFN2O3. The van der Waals surface area contributed by atoms with Crippen molar-refractivity contribution in [1.29, 1.82) is 0 Å². The van der Waals surface area contributed by atoms with Gasteiger partial charge in [-0.15, -0.1) is 0 Å². The molecule has 2 aliphatic heterocycles. The first-order chi connectivity index (χ1) is 11.9. The Morgan fingerprint density at radius 2 is 1.92 bits per heavy atom. The van der Waals surface area contributed by atoms with Crippen LogP contribution >= 0.6 is 15.9 Å². The summed E-state index contributed by atoms with van der Waals surface area (Å²) >= 11 is 3.20. The lowest BCUT2D eigenvalue weighted by atomic mass is 9.80. The Bertz CT molecular complexity index is 946. The first kappa shape index (κ1) is 16.0. The number of hydrogen-bond acceptors (Lipinski definition) is 3. The van der Waals surface area contributed by atoms with Gasteiger partial charge in [0, 0.05) is 21.3 Å². The third kappa shape index (κ3) is 2.22. The summed E-state index contributed by atoms with van der Waals surface area (Å²) in [5, 5.41) is 2.22. The predicted octanol–water partition coefficient (Wildman–Crippen LogP) is 2.42. The number of fused-ring (bicyclic) bond motifs is 2. The molecule has 1 saturated heterocycles. The lowest BCUT2D eigenvalue weighted by molar-refractivity contribution is -0.133. The highest BCUT2D eigenvalue weighted by Gasteiger charge is 2.60. The van der Waals surface area contributed by atoms with Crippen molar-refractivity contribution in [3.05, 3.63) is 63.9 Å². The van der Waals surface area contributed by atoms with E-state index in [9.17, 15) is 18.8 Å². The molecule has 5 nitrogen and oxygen atoms in total. The maximum absolute atomic E-state index is 14.2. The molecule has 0 bridgehead atoms. The summed E-state index contributed by atoms with van der Waals surface area (Å²) < 4.78 is 14.8. The van der Waals surface area contributed by atoms with E-state index in [2.05, 4.69) is 21.2 Å². The van der Waals surface area contributed by atoms with Gasteiger partial charge < -0.3 is 4.90 Å². The second-order valence-electron chi connectivity index (χ2n) is 6.10. The van der Waals surface area contributed by atoms with Gasteiger partial charge in [0.25, 0.3) is 0 Å². The third-order valence-corrected chi connectivity index (χ3v) is 5.17. The van der Waals surface area contributed by atoms with Crippen molar-refractivity contribution in [3.63, 3.8) is 0 Å². The van der Waals surface area contributed by atoms with E-state index in [1.54, 1.807) is 36.4 Å². The van der Waals surface area contributed by atoms with Crippen molar-refractivity contribution in [3.8, 4) is 0 Å². The third-order valence-electron chi connectivity index (χ3n) is 4.67. The number of carbonyl (C=O) groups is 3. The zero-order valence-electron chi connectivity index (χ0n) is 12.9. The fourth-order valence-electron chi connectivity index (χ4n) is 3.49. The number of amides is 3. The largest absolute Gasteiger partial charge is 0.306 e. The Hall–Kier alpha value is -2.54. The molecule has 3 amide bonds. The van der Waals surface area contributed by atoms with E-state index in [0.29, 0.717) is 21.3 Å². The molecule has 25 heavy (non-hydrogen) atoms. The lowest BCUT2D eigenvalue weighted by Crippen LogP contribution is -2.45. The van der Waals surface area contributed by atoms with Crippen LogP contribution in [0.2, 0.25) is 0 Å². The molecule has 2 heterocycles. The Morgan fingerprint density at radius 3 is 2.60 bits per heavy atom. The summed E-state index contributed by atoms with van der Waals surface area (Å²) in [6, 6.07) is 11.4. The van der Waals surface area contributed by atoms with Gasteiger partial charge in [0.1, 0.15) is 5.82 Å². The molecule has 0 aromatic heterocycles. The minimum Gasteiger partial charge on any atom is -0.306 e. The Kier molecular flexibility index (Phi) is 3.50. The fourth-order valence-corrected chi connectivity index (χ4v) is 3.82. The van der Waals surface area contributed by atoms with Crippen LogP contribution in [0.3, 0.4) is 0 Å². The zero-order chi connectivity index (χ0) is 17.8. The maximum Gasteiger partial charge on any atom is 0.248 e. The number of nitrogens with zero attached hydrogens (tertiary/aromatic N) is 1. The van der Waals surface area contributed by atoms with E-state index in [0.717, 1.165) is 0 Å². The first-order valence-electron chi connectivity index (χ1n) is 7.63. The van der Waals surface area contributed by atoms with Crippen LogP contribution < -0.4 is 10.2 Å². The topological polar surface area (TPSA) is 66.5 Å². The number of rotatable bonds is 2. The van der Waals surface area contributed by atoms with Gasteiger partial charge in [0.05, 0.1) is 13.0 Å². The van der Waals surface area contributed by atoms with Crippen molar-refractivity contribution < 1.29 is 18.8 Å². The van der Waals surface area contributed by atoms with E-state index in [-0.39, 0.29) is 13.0 Å². The molecule has 2 aliphatic rings. The molecule has 0 aliphatic carbocycles. The first-order valence-corrected chi connectivity index (χ1v) is 8.42. The second-order valence-corrected chi connectivity index (χ2v) is 7.02. The normalized spacial score (nSPS) is 21.8. The summed E-state index contributed by atoms with van der Waals surface area (Å²) in [6.45, 7) is -0.0157. The van der Waals surface area contributed by atoms with Gasteiger partial charge in [0.2, 0.25) is 17.7 Å². The van der Waals surface area contributed by atoms with E-state index in [4.69, 9.17) is 0 Å². The molecular weight excluding hydrogens is 391 g/mol. The van der Waals surface area contributed by atoms with E-state index in [1.807, 2.05) is 0 Å². The highest BCUT2D eigenvalue weighted by Crippen LogP contribution is 2.46. The minimum atomic E-state index is -1.54. The zero-order valence-corrected chi connectivity index (χ0v) is 14.5. The molecule has 1 atom stereocenters. The number of benzene rings is 2. The van der Waals surface area contributed by atoms with Crippen molar-refractivity contribution in [2.75, 3.05) is 4.90 Å². The molecule has 126 valence electrons. The quantitative estimate of drug-likeness (QED) is 0.619. The van der Waals surface area contributed by atoms with Gasteiger partial charge in [0.15, 0.2) is 5.41 Å². The van der Waals surface area contributed by atoms with Crippen molar-refractivity contribution in [2.24, 2.45) is 0 Å². The number of carbonyl (C=O) groups excluding carboxylic acids is 3. The molecule has 2 aromatic rings. The average Bonchev–Trinajstić information content (AvgIpc) is 3.00. The van der Waals surface area contributed by atoms with Crippen LogP contribution in [0.1, 0.15) is 17.5 Å². The monoisotopic (exact) mass is 402 g/mol. The van der Waals surface area contributed by atoms with Gasteiger partial charge in [-0.1, -0.05) is 40.2 Å². The number of nitrogens with one attached hydrogen (secondary N) is 1. The Morgan fingerprint density at radius 1 is 1.16 bits per heavy atom. The lowest BCUT2D eigenvalue weighted by Gasteiger charge is -2.21. The summed E-state index contributed by atoms with van der Waals surface area (Å²) in [7, 11) is 0. The molecule has 1 unspecified atom stereocenters. The molecule has 2 aromatic carbocycles. The Balaban J connectivity index is 1.81. The van der Waals surface area contributed by atoms with Crippen LogP contribution in [0, 0.1) is 5.82 Å². The highest BCUT2D eigenvalue weighted by atomic mass is 79.9. The second kappa shape index (κ2) is 5.49. The summed E-state index contributed by atoms with van der Waals surface area (Å²) in [4.78, 5) is 38.7. The van der Waals surface area contributed by atoms with Gasteiger partial charge in [-0.2, -0.15) is 0 Å². The molecule has 0 radical (unpaired) electrons. The van der Waals surface area contributed by atoms with E-state index in [1.165, 1.54) is 11.0 Å². The summed E-state index contributed by atoms with van der Waals surface area (Å²) in [6.07, 6.45) is -0.221. The van der Waals surface area contributed by atoms with Gasteiger partial charge in [-0.3, -0.25) is 19.7 Å². The Labute approximate surface area is 150 Å².